The molecule has 4 N–H and O–H groups in total. The topological polar surface area (TPSA) is 127 Å². The summed E-state index contributed by atoms with van der Waals surface area (Å²) in [6, 6.07) is 6.84. The molecule has 0 radical (unpaired) electrons. The van der Waals surface area contributed by atoms with E-state index in [1.165, 1.54) is 13.2 Å². The normalized spacial score (nSPS) is 16.3. The fourth-order valence-electron chi connectivity index (χ4n) is 3.89. The molecule has 0 saturated carbocycles. The van der Waals surface area contributed by atoms with Gasteiger partial charge in [-0.25, -0.2) is 13.4 Å². The van der Waals surface area contributed by atoms with E-state index in [1.807, 2.05) is 26.0 Å². The smallest absolute Gasteiger partial charge is 0.232 e. The number of sulfone groups is 1. The van der Waals surface area contributed by atoms with Crippen LogP contribution >= 0.6 is 0 Å². The summed E-state index contributed by atoms with van der Waals surface area (Å²) >= 11 is 0. The van der Waals surface area contributed by atoms with Crippen LogP contribution in [0.4, 0.5) is 11.4 Å². The van der Waals surface area contributed by atoms with E-state index in [-0.39, 0.29) is 34.1 Å². The van der Waals surface area contributed by atoms with Crippen molar-refractivity contribution in [3.05, 3.63) is 29.8 Å². The Morgan fingerprint density at radius 3 is 2.59 bits per heavy atom. The minimum absolute atomic E-state index is 0.00585. The summed E-state index contributed by atoms with van der Waals surface area (Å²) in [7, 11) is -2.06. The van der Waals surface area contributed by atoms with Gasteiger partial charge in [0.1, 0.15) is 5.82 Å². The van der Waals surface area contributed by atoms with Crippen LogP contribution in [-0.4, -0.2) is 37.7 Å². The largest absolute Gasteiger partial charge is 0.494 e. The van der Waals surface area contributed by atoms with Gasteiger partial charge >= 0.3 is 0 Å². The number of hydrogen-bond acceptors (Lipinski definition) is 6. The second-order valence-electron chi connectivity index (χ2n) is 7.58. The third-order valence-corrected chi connectivity index (χ3v) is 6.36. The number of aromatic amines is 1. The van der Waals surface area contributed by atoms with Crippen LogP contribution in [0.15, 0.2) is 29.2 Å². The Bertz CT molecular complexity index is 1260. The Morgan fingerprint density at radius 2 is 1.97 bits per heavy atom. The molecule has 29 heavy (non-hydrogen) atoms. The number of methoxy groups -OCH3 is 1. The van der Waals surface area contributed by atoms with Crippen molar-refractivity contribution >= 4 is 38.2 Å². The monoisotopic (exact) mass is 414 g/mol. The third kappa shape index (κ3) is 3.02. The lowest BCUT2D eigenvalue weighted by molar-refractivity contribution is -0.117. The summed E-state index contributed by atoms with van der Waals surface area (Å²) in [4.78, 5) is 20.1. The Labute approximate surface area is 168 Å². The first-order valence-electron chi connectivity index (χ1n) is 9.13. The molecule has 1 aliphatic rings. The number of ether oxygens (including phenoxy) is 1. The molecule has 0 saturated heterocycles. The number of carbonyl (C=O) groups excluding carboxylic acids is 1. The van der Waals surface area contributed by atoms with Crippen LogP contribution < -0.4 is 15.8 Å². The van der Waals surface area contributed by atoms with Crippen molar-refractivity contribution in [2.24, 2.45) is 5.92 Å². The summed E-state index contributed by atoms with van der Waals surface area (Å²) < 4.78 is 29.3. The summed E-state index contributed by atoms with van der Waals surface area (Å²) in [5.41, 5.74) is 9.81. The Balaban J connectivity index is 1.87. The quantitative estimate of drug-likeness (QED) is 0.563. The highest BCUT2D eigenvalue weighted by Crippen LogP contribution is 2.41. The number of carbonyl (C=O) groups is 1. The van der Waals surface area contributed by atoms with Crippen LogP contribution in [0.1, 0.15) is 25.3 Å². The Hall–Kier alpha value is -3.07. The number of nitrogen functional groups attached to an aromatic ring is 1. The molecule has 3 aromatic rings. The fourth-order valence-corrected chi connectivity index (χ4v) is 4.70. The maximum Gasteiger partial charge on any atom is 0.232 e. The van der Waals surface area contributed by atoms with Gasteiger partial charge in [0.25, 0.3) is 0 Å². The van der Waals surface area contributed by atoms with E-state index in [2.05, 4.69) is 15.3 Å². The molecular formula is C20H22N4O4S. The molecule has 0 bridgehead atoms. The number of aromatic nitrogens is 2. The lowest BCUT2D eigenvalue weighted by atomic mass is 9.89. The molecule has 0 spiro atoms. The zero-order valence-electron chi connectivity index (χ0n) is 16.5. The first kappa shape index (κ1) is 19.3. The van der Waals surface area contributed by atoms with Gasteiger partial charge < -0.3 is 20.8 Å². The molecule has 1 unspecified atom stereocenters. The van der Waals surface area contributed by atoms with Crippen molar-refractivity contribution in [2.75, 3.05) is 24.4 Å². The van der Waals surface area contributed by atoms with Gasteiger partial charge in [-0.1, -0.05) is 13.8 Å². The molecule has 1 amide bonds. The van der Waals surface area contributed by atoms with Gasteiger partial charge in [-0.15, -0.1) is 0 Å². The highest BCUT2D eigenvalue weighted by atomic mass is 32.2. The summed E-state index contributed by atoms with van der Waals surface area (Å²) in [6.45, 7) is 4.02. The molecule has 2 heterocycles. The van der Waals surface area contributed by atoms with Crippen LogP contribution in [0.3, 0.4) is 0 Å². The summed E-state index contributed by atoms with van der Waals surface area (Å²) in [6.07, 6.45) is 1.10. The van der Waals surface area contributed by atoms with Crippen LogP contribution in [0.5, 0.6) is 5.75 Å². The molecule has 2 aromatic carbocycles. The molecule has 1 aliphatic heterocycles. The van der Waals surface area contributed by atoms with E-state index in [0.717, 1.165) is 23.0 Å². The molecule has 0 fully saturated rings. The molecule has 9 heteroatoms. The van der Waals surface area contributed by atoms with Crippen LogP contribution in [0.2, 0.25) is 0 Å². The average Bonchev–Trinajstić information content (AvgIpc) is 3.16. The van der Waals surface area contributed by atoms with Gasteiger partial charge in [0.15, 0.2) is 15.6 Å². The fraction of sp³-hybridized carbons (Fsp3) is 0.300. The maximum absolute atomic E-state index is 12.3. The standard InChI is InChI=1S/C20H22N4O4S/c1-9(2)16-11-7-13-14(8-12(11)24-20(16)25)23-19(22-13)10-5-6-15(29(4,26)27)17(21)18(10)28-3/h5-9,16H,21H2,1-4H3,(H,22,23)(H,24,25). The number of H-pyrrole nitrogens is 1. The number of imidazole rings is 1. The molecule has 4 rings (SSSR count). The van der Waals surface area contributed by atoms with Gasteiger partial charge in [0.05, 0.1) is 40.2 Å². The van der Waals surface area contributed by atoms with Gasteiger partial charge in [0, 0.05) is 11.9 Å². The lowest BCUT2D eigenvalue weighted by Gasteiger charge is -2.12. The van der Waals surface area contributed by atoms with E-state index in [4.69, 9.17) is 10.5 Å². The van der Waals surface area contributed by atoms with Gasteiger partial charge in [-0.2, -0.15) is 0 Å². The average molecular weight is 414 g/mol. The predicted octanol–water partition coefficient (Wildman–Crippen LogP) is 2.92. The van der Waals surface area contributed by atoms with E-state index in [0.29, 0.717) is 16.9 Å². The van der Waals surface area contributed by atoms with Gasteiger partial charge in [0.2, 0.25) is 5.91 Å². The molecule has 0 aliphatic carbocycles. The molecule has 8 nitrogen and oxygen atoms in total. The van der Waals surface area contributed by atoms with Crippen LogP contribution in [-0.2, 0) is 14.6 Å². The number of nitrogens with zero attached hydrogens (tertiary/aromatic N) is 1. The van der Waals surface area contributed by atoms with Crippen molar-refractivity contribution < 1.29 is 17.9 Å². The molecule has 152 valence electrons. The van der Waals surface area contributed by atoms with Crippen molar-refractivity contribution in [3.63, 3.8) is 0 Å². The van der Waals surface area contributed by atoms with Crippen molar-refractivity contribution in [1.82, 2.24) is 9.97 Å². The minimum atomic E-state index is -3.49. The lowest BCUT2D eigenvalue weighted by Crippen LogP contribution is -2.16. The van der Waals surface area contributed by atoms with E-state index < -0.39 is 9.84 Å². The zero-order chi connectivity index (χ0) is 21.1. The Morgan fingerprint density at radius 1 is 1.24 bits per heavy atom. The number of nitrogens with one attached hydrogen (secondary N) is 2. The second-order valence-corrected chi connectivity index (χ2v) is 9.57. The maximum atomic E-state index is 12.3. The molecular weight excluding hydrogens is 392 g/mol. The predicted molar refractivity (Wildman–Crippen MR) is 112 cm³/mol. The molecule has 1 aromatic heterocycles. The number of hydrogen-bond donors (Lipinski definition) is 3. The van der Waals surface area contributed by atoms with Crippen molar-refractivity contribution in [2.45, 2.75) is 24.7 Å². The van der Waals surface area contributed by atoms with E-state index >= 15 is 0 Å². The van der Waals surface area contributed by atoms with Crippen molar-refractivity contribution in [1.29, 1.82) is 0 Å². The number of benzene rings is 2. The van der Waals surface area contributed by atoms with E-state index in [9.17, 15) is 13.2 Å². The number of fused-ring (bicyclic) bond motifs is 2. The third-order valence-electron chi connectivity index (χ3n) is 5.21. The zero-order valence-corrected chi connectivity index (χ0v) is 17.3. The highest BCUT2D eigenvalue weighted by molar-refractivity contribution is 7.90. The van der Waals surface area contributed by atoms with Crippen molar-refractivity contribution in [3.8, 4) is 17.1 Å². The van der Waals surface area contributed by atoms with Crippen LogP contribution in [0.25, 0.3) is 22.4 Å². The van der Waals surface area contributed by atoms with Gasteiger partial charge in [-0.05, 0) is 35.7 Å². The summed E-state index contributed by atoms with van der Waals surface area (Å²) in [5.74, 6) is 0.686. The Kier molecular flexibility index (Phi) is 4.30. The minimum Gasteiger partial charge on any atom is -0.494 e. The SMILES string of the molecule is COc1c(-c2nc3cc4c(cc3[nH]2)NC(=O)C4C(C)C)ccc(S(C)(=O)=O)c1N. The van der Waals surface area contributed by atoms with E-state index in [1.54, 1.807) is 6.07 Å². The number of rotatable bonds is 4. The summed E-state index contributed by atoms with van der Waals surface area (Å²) in [5, 5.41) is 2.93. The first-order chi connectivity index (χ1) is 13.6. The number of anilines is 2. The van der Waals surface area contributed by atoms with Gasteiger partial charge in [-0.3, -0.25) is 4.79 Å². The number of nitrogens with two attached hydrogens (primary N) is 1. The second kappa shape index (κ2) is 6.48. The first-order valence-corrected chi connectivity index (χ1v) is 11.0. The van der Waals surface area contributed by atoms with Crippen LogP contribution in [0, 0.1) is 5.92 Å². The number of amides is 1. The molecule has 1 atom stereocenters. The highest BCUT2D eigenvalue weighted by Gasteiger charge is 2.33.